The fourth-order valence-corrected chi connectivity index (χ4v) is 3.10. The third-order valence-electron chi connectivity index (χ3n) is 2.26. The SMILES string of the molecule is O=C(CSc1ccc(Br)cc1)Nc1ccc(C(=O)O)s1. The van der Waals surface area contributed by atoms with Crippen molar-refractivity contribution in [1.82, 2.24) is 0 Å². The number of aromatic carboxylic acids is 1. The first-order chi connectivity index (χ1) is 9.54. The van der Waals surface area contributed by atoms with E-state index in [9.17, 15) is 9.59 Å². The van der Waals surface area contributed by atoms with Gasteiger partial charge in [0.05, 0.1) is 10.8 Å². The van der Waals surface area contributed by atoms with Crippen LogP contribution in [0, 0.1) is 0 Å². The highest BCUT2D eigenvalue weighted by molar-refractivity contribution is 9.10. The molecule has 1 aromatic heterocycles. The molecular weight excluding hydrogens is 362 g/mol. The Morgan fingerprint density at radius 1 is 1.20 bits per heavy atom. The standard InChI is InChI=1S/C13H10BrNO3S2/c14-8-1-3-9(4-2-8)19-7-11(16)15-12-6-5-10(20-12)13(17)18/h1-6H,7H2,(H,15,16)(H,17,18). The Morgan fingerprint density at radius 3 is 2.50 bits per heavy atom. The highest BCUT2D eigenvalue weighted by atomic mass is 79.9. The molecule has 0 fully saturated rings. The average molecular weight is 372 g/mol. The van der Waals surface area contributed by atoms with Gasteiger partial charge in [0.1, 0.15) is 4.88 Å². The van der Waals surface area contributed by atoms with Crippen LogP contribution >= 0.6 is 39.0 Å². The molecule has 0 atom stereocenters. The van der Waals surface area contributed by atoms with Gasteiger partial charge >= 0.3 is 5.97 Å². The van der Waals surface area contributed by atoms with Crippen LogP contribution < -0.4 is 5.32 Å². The number of amides is 1. The Kier molecular flexibility index (Phi) is 5.22. The van der Waals surface area contributed by atoms with Gasteiger partial charge in [0, 0.05) is 9.37 Å². The van der Waals surface area contributed by atoms with Gasteiger partial charge in [-0.15, -0.1) is 23.1 Å². The number of benzene rings is 1. The number of rotatable bonds is 5. The fourth-order valence-electron chi connectivity index (χ4n) is 1.37. The third-order valence-corrected chi connectivity index (χ3v) is 4.79. The quantitative estimate of drug-likeness (QED) is 0.781. The maximum Gasteiger partial charge on any atom is 0.345 e. The second kappa shape index (κ2) is 6.92. The van der Waals surface area contributed by atoms with E-state index >= 15 is 0 Å². The summed E-state index contributed by atoms with van der Waals surface area (Å²) >= 11 is 5.82. The number of carboxylic acid groups (broad SMARTS) is 1. The zero-order valence-electron chi connectivity index (χ0n) is 10.1. The van der Waals surface area contributed by atoms with Crippen LogP contribution in [0.5, 0.6) is 0 Å². The predicted molar refractivity (Wildman–Crippen MR) is 84.8 cm³/mol. The van der Waals surface area contributed by atoms with Crippen molar-refractivity contribution in [3.8, 4) is 0 Å². The molecule has 4 nitrogen and oxygen atoms in total. The van der Waals surface area contributed by atoms with Crippen molar-refractivity contribution < 1.29 is 14.7 Å². The lowest BCUT2D eigenvalue weighted by atomic mass is 10.4. The van der Waals surface area contributed by atoms with Gasteiger partial charge in [-0.25, -0.2) is 4.79 Å². The minimum atomic E-state index is -0.986. The van der Waals surface area contributed by atoms with E-state index in [1.54, 1.807) is 6.07 Å². The Morgan fingerprint density at radius 2 is 1.90 bits per heavy atom. The molecule has 0 saturated carbocycles. The van der Waals surface area contributed by atoms with Crippen molar-refractivity contribution in [2.75, 3.05) is 11.1 Å². The van der Waals surface area contributed by atoms with E-state index in [4.69, 9.17) is 5.11 Å². The summed E-state index contributed by atoms with van der Waals surface area (Å²) < 4.78 is 0.992. The molecule has 2 rings (SSSR count). The van der Waals surface area contributed by atoms with E-state index in [0.29, 0.717) is 5.00 Å². The molecule has 0 aliphatic heterocycles. The number of halogens is 1. The topological polar surface area (TPSA) is 66.4 Å². The van der Waals surface area contributed by atoms with Gasteiger partial charge in [0.2, 0.25) is 5.91 Å². The Hall–Kier alpha value is -1.31. The number of thiophene rings is 1. The van der Waals surface area contributed by atoms with Crippen LogP contribution in [0.3, 0.4) is 0 Å². The minimum Gasteiger partial charge on any atom is -0.477 e. The van der Waals surface area contributed by atoms with Gasteiger partial charge in [0.15, 0.2) is 0 Å². The molecular formula is C13H10BrNO3S2. The minimum absolute atomic E-state index is 0.156. The molecule has 2 N–H and O–H groups in total. The molecule has 2 aromatic rings. The largest absolute Gasteiger partial charge is 0.477 e. The molecule has 1 aromatic carbocycles. The lowest BCUT2D eigenvalue weighted by Crippen LogP contribution is -2.12. The summed E-state index contributed by atoms with van der Waals surface area (Å²) in [6, 6.07) is 10.8. The van der Waals surface area contributed by atoms with E-state index in [0.717, 1.165) is 20.7 Å². The number of carbonyl (C=O) groups is 2. The van der Waals surface area contributed by atoms with Crippen molar-refractivity contribution >= 4 is 55.9 Å². The lowest BCUT2D eigenvalue weighted by molar-refractivity contribution is -0.113. The van der Waals surface area contributed by atoms with Crippen LogP contribution in [0.15, 0.2) is 45.8 Å². The number of carboxylic acids is 1. The summed E-state index contributed by atoms with van der Waals surface area (Å²) in [5.74, 6) is -0.862. The second-order valence-corrected chi connectivity index (χ2v) is 6.81. The van der Waals surface area contributed by atoms with Crippen LogP contribution in [0.2, 0.25) is 0 Å². The number of nitrogens with one attached hydrogen (secondary N) is 1. The highest BCUT2D eigenvalue weighted by Gasteiger charge is 2.09. The number of hydrogen-bond acceptors (Lipinski definition) is 4. The first-order valence-electron chi connectivity index (χ1n) is 5.56. The summed E-state index contributed by atoms with van der Waals surface area (Å²) in [5, 5.41) is 12.0. The van der Waals surface area contributed by atoms with E-state index in [1.807, 2.05) is 24.3 Å². The summed E-state index contributed by atoms with van der Waals surface area (Å²) in [7, 11) is 0. The first-order valence-corrected chi connectivity index (χ1v) is 8.15. The number of hydrogen-bond donors (Lipinski definition) is 2. The average Bonchev–Trinajstić information content (AvgIpc) is 2.87. The Bertz CT molecular complexity index is 625. The van der Waals surface area contributed by atoms with Crippen molar-refractivity contribution in [3.05, 3.63) is 45.7 Å². The molecule has 0 spiro atoms. The highest BCUT2D eigenvalue weighted by Crippen LogP contribution is 2.23. The van der Waals surface area contributed by atoms with Gasteiger partial charge < -0.3 is 10.4 Å². The van der Waals surface area contributed by atoms with Gasteiger partial charge in [0.25, 0.3) is 0 Å². The van der Waals surface area contributed by atoms with E-state index in [2.05, 4.69) is 21.2 Å². The zero-order valence-corrected chi connectivity index (χ0v) is 13.3. The van der Waals surface area contributed by atoms with Crippen molar-refractivity contribution in [2.45, 2.75) is 4.90 Å². The molecule has 20 heavy (non-hydrogen) atoms. The van der Waals surface area contributed by atoms with Crippen LogP contribution in [-0.2, 0) is 4.79 Å². The van der Waals surface area contributed by atoms with Gasteiger partial charge in [-0.2, -0.15) is 0 Å². The maximum absolute atomic E-state index is 11.7. The van der Waals surface area contributed by atoms with Crippen molar-refractivity contribution in [3.63, 3.8) is 0 Å². The van der Waals surface area contributed by atoms with Crippen LogP contribution in [0.25, 0.3) is 0 Å². The second-order valence-electron chi connectivity index (χ2n) is 3.76. The molecule has 1 heterocycles. The van der Waals surface area contributed by atoms with Crippen LogP contribution in [0.1, 0.15) is 9.67 Å². The summed E-state index contributed by atoms with van der Waals surface area (Å²) in [6.07, 6.45) is 0. The van der Waals surface area contributed by atoms with Crippen LogP contribution in [0.4, 0.5) is 5.00 Å². The summed E-state index contributed by atoms with van der Waals surface area (Å²) in [5.41, 5.74) is 0. The van der Waals surface area contributed by atoms with Gasteiger partial charge in [-0.3, -0.25) is 4.79 Å². The van der Waals surface area contributed by atoms with E-state index < -0.39 is 5.97 Å². The van der Waals surface area contributed by atoms with E-state index in [-0.39, 0.29) is 16.5 Å². The number of anilines is 1. The number of carbonyl (C=O) groups excluding carboxylic acids is 1. The molecule has 0 saturated heterocycles. The number of thioether (sulfide) groups is 1. The van der Waals surface area contributed by atoms with Crippen molar-refractivity contribution in [2.24, 2.45) is 0 Å². The van der Waals surface area contributed by atoms with E-state index in [1.165, 1.54) is 17.8 Å². The normalized spacial score (nSPS) is 10.2. The zero-order chi connectivity index (χ0) is 14.5. The maximum atomic E-state index is 11.7. The molecule has 0 bridgehead atoms. The van der Waals surface area contributed by atoms with Gasteiger partial charge in [-0.1, -0.05) is 15.9 Å². The lowest BCUT2D eigenvalue weighted by Gasteiger charge is -2.03. The smallest absolute Gasteiger partial charge is 0.345 e. The fraction of sp³-hybridized carbons (Fsp3) is 0.0769. The molecule has 0 aliphatic rings. The predicted octanol–water partition coefficient (Wildman–Crippen LogP) is 3.94. The van der Waals surface area contributed by atoms with Crippen LogP contribution in [-0.4, -0.2) is 22.7 Å². The Labute approximate surface area is 132 Å². The first kappa shape index (κ1) is 15.1. The van der Waals surface area contributed by atoms with Crippen molar-refractivity contribution in [1.29, 1.82) is 0 Å². The molecule has 7 heteroatoms. The molecule has 0 aliphatic carbocycles. The molecule has 1 amide bonds. The summed E-state index contributed by atoms with van der Waals surface area (Å²) in [4.78, 5) is 23.7. The molecule has 0 radical (unpaired) electrons. The monoisotopic (exact) mass is 371 g/mol. The molecule has 104 valence electrons. The van der Waals surface area contributed by atoms with Gasteiger partial charge in [-0.05, 0) is 36.4 Å². The Balaban J connectivity index is 1.85. The summed E-state index contributed by atoms with van der Waals surface area (Å²) in [6.45, 7) is 0. The third kappa shape index (κ3) is 4.36. The molecule has 0 unspecified atom stereocenters.